The standard InChI is InChI=1S/C14H19BrO9/c1-6(16)20-5-10-12(21-7(2)17)13(22-8(3)18)11(15)14(24-10)23-9(4)19/h10-14H,5H2,1-4H3/t10-,11+,12-,13-,14-/m1/s1. The first-order valence-corrected chi connectivity index (χ1v) is 7.98. The van der Waals surface area contributed by atoms with Crippen LogP contribution in [0.15, 0.2) is 0 Å². The number of carbonyl (C=O) groups is 4. The average Bonchev–Trinajstić information content (AvgIpc) is 2.42. The van der Waals surface area contributed by atoms with Crippen LogP contribution in [0, 0.1) is 0 Å². The molecule has 1 aliphatic heterocycles. The maximum absolute atomic E-state index is 11.4. The topological polar surface area (TPSA) is 114 Å². The molecule has 136 valence electrons. The van der Waals surface area contributed by atoms with Crippen LogP contribution in [0.5, 0.6) is 0 Å². The monoisotopic (exact) mass is 410 g/mol. The van der Waals surface area contributed by atoms with Crippen LogP contribution in [0.3, 0.4) is 0 Å². The number of carbonyl (C=O) groups excluding carboxylic acids is 4. The van der Waals surface area contributed by atoms with E-state index in [0.29, 0.717) is 0 Å². The highest BCUT2D eigenvalue weighted by molar-refractivity contribution is 9.09. The molecule has 1 fully saturated rings. The van der Waals surface area contributed by atoms with Crippen LogP contribution in [0.25, 0.3) is 0 Å². The molecule has 0 radical (unpaired) electrons. The fourth-order valence-electron chi connectivity index (χ4n) is 2.12. The predicted molar refractivity (Wildman–Crippen MR) is 80.9 cm³/mol. The fourth-order valence-corrected chi connectivity index (χ4v) is 2.76. The lowest BCUT2D eigenvalue weighted by Crippen LogP contribution is -2.60. The van der Waals surface area contributed by atoms with Crippen molar-refractivity contribution in [3.05, 3.63) is 0 Å². The van der Waals surface area contributed by atoms with Gasteiger partial charge in [0.1, 0.15) is 17.5 Å². The van der Waals surface area contributed by atoms with Crippen molar-refractivity contribution in [3.63, 3.8) is 0 Å². The molecule has 0 saturated carbocycles. The molecule has 1 aliphatic rings. The molecule has 0 amide bonds. The molecule has 0 N–H and O–H groups in total. The highest BCUT2D eigenvalue weighted by Crippen LogP contribution is 2.32. The van der Waals surface area contributed by atoms with Gasteiger partial charge in [-0.3, -0.25) is 19.2 Å². The molecule has 0 aromatic carbocycles. The van der Waals surface area contributed by atoms with Crippen molar-refractivity contribution >= 4 is 39.8 Å². The molecular weight excluding hydrogens is 392 g/mol. The van der Waals surface area contributed by atoms with Crippen molar-refractivity contribution in [2.75, 3.05) is 6.61 Å². The minimum Gasteiger partial charge on any atom is -0.463 e. The fraction of sp³-hybridized carbons (Fsp3) is 0.714. The summed E-state index contributed by atoms with van der Waals surface area (Å²) in [6.45, 7) is 4.47. The molecule has 24 heavy (non-hydrogen) atoms. The number of alkyl halides is 1. The van der Waals surface area contributed by atoms with Gasteiger partial charge in [0, 0.05) is 27.7 Å². The van der Waals surface area contributed by atoms with E-state index in [2.05, 4.69) is 15.9 Å². The molecule has 0 aliphatic carbocycles. The lowest BCUT2D eigenvalue weighted by Gasteiger charge is -2.42. The van der Waals surface area contributed by atoms with Crippen molar-refractivity contribution in [1.29, 1.82) is 0 Å². The lowest BCUT2D eigenvalue weighted by atomic mass is 10.0. The number of hydrogen-bond acceptors (Lipinski definition) is 9. The van der Waals surface area contributed by atoms with Gasteiger partial charge in [0.15, 0.2) is 12.2 Å². The second-order valence-electron chi connectivity index (χ2n) is 5.05. The van der Waals surface area contributed by atoms with Crippen molar-refractivity contribution in [2.45, 2.75) is 57.1 Å². The molecule has 0 bridgehead atoms. The van der Waals surface area contributed by atoms with Crippen LogP contribution in [-0.2, 0) is 42.9 Å². The normalized spacial score (nSPS) is 29.3. The number of esters is 4. The van der Waals surface area contributed by atoms with E-state index in [4.69, 9.17) is 23.7 Å². The van der Waals surface area contributed by atoms with Crippen molar-refractivity contribution < 1.29 is 42.9 Å². The van der Waals surface area contributed by atoms with Gasteiger partial charge >= 0.3 is 23.9 Å². The van der Waals surface area contributed by atoms with Crippen molar-refractivity contribution in [2.24, 2.45) is 0 Å². The van der Waals surface area contributed by atoms with E-state index in [1.807, 2.05) is 0 Å². The zero-order valence-corrected chi connectivity index (χ0v) is 15.2. The Bertz CT molecular complexity index is 490. The molecule has 10 heteroatoms. The summed E-state index contributed by atoms with van der Waals surface area (Å²) in [6, 6.07) is 0. The van der Waals surface area contributed by atoms with Crippen molar-refractivity contribution in [1.82, 2.24) is 0 Å². The van der Waals surface area contributed by atoms with Gasteiger partial charge in [-0.1, -0.05) is 15.9 Å². The molecule has 1 heterocycles. The number of hydrogen-bond donors (Lipinski definition) is 0. The predicted octanol–water partition coefficient (Wildman–Crippen LogP) is 0.464. The maximum Gasteiger partial charge on any atom is 0.304 e. The largest absolute Gasteiger partial charge is 0.463 e. The van der Waals surface area contributed by atoms with E-state index in [0.717, 1.165) is 0 Å². The van der Waals surface area contributed by atoms with Gasteiger partial charge in [-0.15, -0.1) is 0 Å². The van der Waals surface area contributed by atoms with E-state index in [1.54, 1.807) is 0 Å². The Kier molecular flexibility index (Phi) is 7.61. The molecule has 9 nitrogen and oxygen atoms in total. The first-order chi connectivity index (χ1) is 11.1. The van der Waals surface area contributed by atoms with Crippen molar-refractivity contribution in [3.8, 4) is 0 Å². The Labute approximate surface area is 147 Å². The van der Waals surface area contributed by atoms with E-state index in [1.165, 1.54) is 27.7 Å². The molecule has 5 atom stereocenters. The summed E-state index contributed by atoms with van der Waals surface area (Å²) in [4.78, 5) is 44.2. The van der Waals surface area contributed by atoms with E-state index >= 15 is 0 Å². The average molecular weight is 411 g/mol. The molecule has 0 unspecified atom stereocenters. The minimum atomic E-state index is -1.13. The van der Waals surface area contributed by atoms with Crippen LogP contribution in [0.4, 0.5) is 0 Å². The summed E-state index contributed by atoms with van der Waals surface area (Å²) in [6.07, 6.45) is -4.17. The molecule has 0 spiro atoms. The summed E-state index contributed by atoms with van der Waals surface area (Å²) >= 11 is 3.24. The Hall–Kier alpha value is -1.68. The second kappa shape index (κ2) is 8.97. The van der Waals surface area contributed by atoms with Gasteiger partial charge in [-0.2, -0.15) is 0 Å². The van der Waals surface area contributed by atoms with Gasteiger partial charge in [0.2, 0.25) is 6.29 Å². The quantitative estimate of drug-likeness (QED) is 0.362. The Morgan fingerprint density at radius 2 is 1.33 bits per heavy atom. The van der Waals surface area contributed by atoms with Crippen LogP contribution in [-0.4, -0.2) is 59.9 Å². The zero-order chi connectivity index (χ0) is 18.4. The summed E-state index contributed by atoms with van der Waals surface area (Å²) in [5, 5.41) is 0. The maximum atomic E-state index is 11.4. The number of ether oxygens (including phenoxy) is 5. The van der Waals surface area contributed by atoms with Gasteiger partial charge in [0.05, 0.1) is 0 Å². The van der Waals surface area contributed by atoms with Crippen LogP contribution in [0.1, 0.15) is 27.7 Å². The number of halogens is 1. The summed E-state index contributed by atoms with van der Waals surface area (Å²) in [5.41, 5.74) is 0. The first-order valence-electron chi connectivity index (χ1n) is 7.06. The zero-order valence-electron chi connectivity index (χ0n) is 13.6. The van der Waals surface area contributed by atoms with Gasteiger partial charge in [0.25, 0.3) is 0 Å². The summed E-state index contributed by atoms with van der Waals surface area (Å²) < 4.78 is 25.8. The number of rotatable bonds is 5. The molecule has 1 rings (SSSR count). The third kappa shape index (κ3) is 6.08. The molecular formula is C14H19BrO9. The third-order valence-corrected chi connectivity index (χ3v) is 3.86. The highest BCUT2D eigenvalue weighted by Gasteiger charge is 2.50. The second-order valence-corrected chi connectivity index (χ2v) is 6.10. The smallest absolute Gasteiger partial charge is 0.304 e. The molecule has 0 aromatic rings. The first kappa shape index (κ1) is 20.4. The van der Waals surface area contributed by atoms with E-state index in [9.17, 15) is 19.2 Å². The lowest BCUT2D eigenvalue weighted by molar-refractivity contribution is -0.255. The Morgan fingerprint density at radius 1 is 0.833 bits per heavy atom. The van der Waals surface area contributed by atoms with Gasteiger partial charge in [-0.25, -0.2) is 0 Å². The Balaban J connectivity index is 3.08. The SMILES string of the molecule is CC(=O)OC[C@H]1O[C@@H](OC(C)=O)[C@@H](Br)[C@@H](OC(C)=O)[C@@H]1OC(C)=O. The van der Waals surface area contributed by atoms with Crippen LogP contribution < -0.4 is 0 Å². The van der Waals surface area contributed by atoms with E-state index < -0.39 is 53.3 Å². The minimum absolute atomic E-state index is 0.275. The van der Waals surface area contributed by atoms with Gasteiger partial charge < -0.3 is 23.7 Å². The highest BCUT2D eigenvalue weighted by atomic mass is 79.9. The van der Waals surface area contributed by atoms with E-state index in [-0.39, 0.29) is 6.61 Å². The summed E-state index contributed by atoms with van der Waals surface area (Å²) in [5.74, 6) is -2.46. The molecule has 1 saturated heterocycles. The Morgan fingerprint density at radius 3 is 1.79 bits per heavy atom. The third-order valence-electron chi connectivity index (χ3n) is 2.91. The molecule has 0 aromatic heterocycles. The van der Waals surface area contributed by atoms with Gasteiger partial charge in [-0.05, 0) is 0 Å². The van der Waals surface area contributed by atoms with Crippen LogP contribution in [0.2, 0.25) is 0 Å². The van der Waals surface area contributed by atoms with Crippen LogP contribution >= 0.6 is 15.9 Å². The summed E-state index contributed by atoms with van der Waals surface area (Å²) in [7, 11) is 0.